The van der Waals surface area contributed by atoms with E-state index >= 15 is 0 Å². The average Bonchev–Trinajstić information content (AvgIpc) is 2.84. The first-order valence-corrected chi connectivity index (χ1v) is 8.22. The summed E-state index contributed by atoms with van der Waals surface area (Å²) in [5.41, 5.74) is 0.201. The lowest BCUT2D eigenvalue weighted by Crippen LogP contribution is -2.32. The van der Waals surface area contributed by atoms with Crippen LogP contribution in [-0.4, -0.2) is 6.54 Å². The van der Waals surface area contributed by atoms with Gasteiger partial charge in [0.15, 0.2) is 0 Å². The summed E-state index contributed by atoms with van der Waals surface area (Å²) in [6, 6.07) is 2.55. The van der Waals surface area contributed by atoms with Crippen molar-refractivity contribution in [3.8, 4) is 0 Å². The second-order valence-corrected chi connectivity index (χ2v) is 6.62. The lowest BCUT2D eigenvalue weighted by Gasteiger charge is -2.29. The minimum Gasteiger partial charge on any atom is -0.310 e. The van der Waals surface area contributed by atoms with Gasteiger partial charge in [-0.2, -0.15) is 0 Å². The van der Waals surface area contributed by atoms with E-state index in [1.165, 1.54) is 12.1 Å². The second kappa shape index (κ2) is 6.99. The fourth-order valence-corrected chi connectivity index (χ4v) is 3.61. The monoisotopic (exact) mass is 345 g/mol. The molecule has 1 fully saturated rings. The summed E-state index contributed by atoms with van der Waals surface area (Å²) in [7, 11) is 0. The minimum absolute atomic E-state index is 0.201. The molecule has 4 heteroatoms. The highest BCUT2D eigenvalue weighted by atomic mass is 79.9. The van der Waals surface area contributed by atoms with Crippen LogP contribution in [0.4, 0.5) is 8.78 Å². The van der Waals surface area contributed by atoms with Crippen LogP contribution in [0.15, 0.2) is 16.6 Å². The van der Waals surface area contributed by atoms with E-state index in [0.29, 0.717) is 16.3 Å². The average molecular weight is 346 g/mol. The van der Waals surface area contributed by atoms with Crippen molar-refractivity contribution in [3.63, 3.8) is 0 Å². The van der Waals surface area contributed by atoms with Gasteiger partial charge in [0.2, 0.25) is 0 Å². The van der Waals surface area contributed by atoms with E-state index in [1.54, 1.807) is 0 Å². The molecule has 2 rings (SSSR count). The first kappa shape index (κ1) is 15.9. The summed E-state index contributed by atoms with van der Waals surface area (Å²) in [5, 5.41) is 3.37. The van der Waals surface area contributed by atoms with E-state index < -0.39 is 11.6 Å². The van der Waals surface area contributed by atoms with Crippen LogP contribution >= 0.6 is 15.9 Å². The summed E-state index contributed by atoms with van der Waals surface area (Å²) < 4.78 is 28.9. The lowest BCUT2D eigenvalue weighted by molar-refractivity contribution is 0.288. The van der Waals surface area contributed by atoms with Gasteiger partial charge in [0.25, 0.3) is 0 Å². The van der Waals surface area contributed by atoms with Crippen LogP contribution < -0.4 is 5.32 Å². The smallest absolute Gasteiger partial charge is 0.145 e. The summed E-state index contributed by atoms with van der Waals surface area (Å²) >= 11 is 3.17. The predicted molar refractivity (Wildman–Crippen MR) is 81.6 cm³/mol. The van der Waals surface area contributed by atoms with E-state index in [1.807, 2.05) is 0 Å². The van der Waals surface area contributed by atoms with Crippen molar-refractivity contribution < 1.29 is 8.78 Å². The Balaban J connectivity index is 2.38. The molecule has 0 heterocycles. The van der Waals surface area contributed by atoms with E-state index in [0.717, 1.165) is 32.2 Å². The molecule has 0 aromatic heterocycles. The van der Waals surface area contributed by atoms with Crippen molar-refractivity contribution in [2.45, 2.75) is 45.6 Å². The highest BCUT2D eigenvalue weighted by molar-refractivity contribution is 9.10. The first-order chi connectivity index (χ1) is 9.56. The SMILES string of the molecule is CCCNC(c1c(F)ccc(Br)c1F)C1CCCC1C. The summed E-state index contributed by atoms with van der Waals surface area (Å²) in [6.07, 6.45) is 4.28. The molecule has 1 saturated carbocycles. The zero-order valence-corrected chi connectivity index (χ0v) is 13.6. The van der Waals surface area contributed by atoms with E-state index in [9.17, 15) is 8.78 Å². The Morgan fingerprint density at radius 1 is 1.35 bits per heavy atom. The van der Waals surface area contributed by atoms with Crippen LogP contribution in [0.5, 0.6) is 0 Å². The maximum absolute atomic E-state index is 14.4. The molecule has 0 spiro atoms. The molecule has 20 heavy (non-hydrogen) atoms. The lowest BCUT2D eigenvalue weighted by atomic mass is 9.85. The van der Waals surface area contributed by atoms with Gasteiger partial charge < -0.3 is 5.32 Å². The van der Waals surface area contributed by atoms with Crippen molar-refractivity contribution in [2.24, 2.45) is 11.8 Å². The largest absolute Gasteiger partial charge is 0.310 e. The number of hydrogen-bond acceptors (Lipinski definition) is 1. The van der Waals surface area contributed by atoms with Gasteiger partial charge in [0, 0.05) is 11.6 Å². The topological polar surface area (TPSA) is 12.0 Å². The molecule has 3 unspecified atom stereocenters. The molecule has 1 aromatic rings. The molecule has 1 aliphatic carbocycles. The molecule has 0 amide bonds. The Kier molecular flexibility index (Phi) is 5.56. The van der Waals surface area contributed by atoms with Crippen molar-refractivity contribution >= 4 is 15.9 Å². The molecule has 0 aliphatic heterocycles. The highest BCUT2D eigenvalue weighted by Crippen LogP contribution is 2.42. The Hall–Kier alpha value is -0.480. The summed E-state index contributed by atoms with van der Waals surface area (Å²) in [4.78, 5) is 0. The Morgan fingerprint density at radius 3 is 2.70 bits per heavy atom. The van der Waals surface area contributed by atoms with Gasteiger partial charge in [0.05, 0.1) is 4.47 Å². The van der Waals surface area contributed by atoms with Gasteiger partial charge in [-0.05, 0) is 59.3 Å². The van der Waals surface area contributed by atoms with Crippen molar-refractivity contribution in [2.75, 3.05) is 6.54 Å². The third kappa shape index (κ3) is 3.22. The van der Waals surface area contributed by atoms with E-state index in [2.05, 4.69) is 35.1 Å². The molecule has 1 N–H and O–H groups in total. The molecular weight excluding hydrogens is 324 g/mol. The van der Waals surface area contributed by atoms with Gasteiger partial charge in [-0.15, -0.1) is 0 Å². The maximum atomic E-state index is 14.4. The van der Waals surface area contributed by atoms with Crippen LogP contribution in [0.3, 0.4) is 0 Å². The van der Waals surface area contributed by atoms with Crippen LogP contribution in [0, 0.1) is 23.5 Å². The molecular formula is C16H22BrF2N. The Bertz CT molecular complexity index is 464. The van der Waals surface area contributed by atoms with Crippen molar-refractivity contribution in [3.05, 3.63) is 33.8 Å². The zero-order valence-electron chi connectivity index (χ0n) is 12.1. The number of benzene rings is 1. The number of hydrogen-bond donors (Lipinski definition) is 1. The summed E-state index contributed by atoms with van der Waals surface area (Å²) in [5.74, 6) is -0.0990. The van der Waals surface area contributed by atoms with Gasteiger partial charge in [-0.25, -0.2) is 8.78 Å². The molecule has 112 valence electrons. The molecule has 1 nitrogen and oxygen atoms in total. The van der Waals surface area contributed by atoms with Crippen LogP contribution in [0.2, 0.25) is 0 Å². The third-order valence-electron chi connectivity index (χ3n) is 4.36. The Morgan fingerprint density at radius 2 is 2.10 bits per heavy atom. The van der Waals surface area contributed by atoms with E-state index in [4.69, 9.17) is 0 Å². The maximum Gasteiger partial charge on any atom is 0.145 e. The quantitative estimate of drug-likeness (QED) is 0.722. The van der Waals surface area contributed by atoms with Gasteiger partial charge in [-0.1, -0.05) is 26.7 Å². The first-order valence-electron chi connectivity index (χ1n) is 7.43. The third-order valence-corrected chi connectivity index (χ3v) is 4.97. The molecule has 1 aromatic carbocycles. The van der Waals surface area contributed by atoms with Gasteiger partial charge in [-0.3, -0.25) is 0 Å². The standard InChI is InChI=1S/C16H22BrF2N/c1-3-9-20-16(11-6-4-5-10(11)2)14-13(18)8-7-12(17)15(14)19/h7-8,10-11,16,20H,3-6,9H2,1-2H3. The Labute approximate surface area is 128 Å². The predicted octanol–water partition coefficient (Wildman–Crippen LogP) is 5.20. The fourth-order valence-electron chi connectivity index (χ4n) is 3.26. The molecule has 0 radical (unpaired) electrons. The van der Waals surface area contributed by atoms with Crippen LogP contribution in [-0.2, 0) is 0 Å². The van der Waals surface area contributed by atoms with Gasteiger partial charge in [0.1, 0.15) is 11.6 Å². The molecule has 1 aliphatic rings. The normalized spacial score (nSPS) is 24.1. The summed E-state index contributed by atoms with van der Waals surface area (Å²) in [6.45, 7) is 5.03. The fraction of sp³-hybridized carbons (Fsp3) is 0.625. The van der Waals surface area contributed by atoms with Gasteiger partial charge >= 0.3 is 0 Å². The van der Waals surface area contributed by atoms with E-state index in [-0.39, 0.29) is 11.6 Å². The zero-order chi connectivity index (χ0) is 14.7. The molecule has 0 saturated heterocycles. The number of rotatable bonds is 5. The van der Waals surface area contributed by atoms with Crippen molar-refractivity contribution in [1.82, 2.24) is 5.32 Å². The van der Waals surface area contributed by atoms with Crippen LogP contribution in [0.1, 0.15) is 51.1 Å². The number of nitrogens with one attached hydrogen (secondary N) is 1. The van der Waals surface area contributed by atoms with Crippen LogP contribution in [0.25, 0.3) is 0 Å². The van der Waals surface area contributed by atoms with Crippen molar-refractivity contribution in [1.29, 1.82) is 0 Å². The minimum atomic E-state index is -0.460. The second-order valence-electron chi connectivity index (χ2n) is 5.76. The number of halogens is 3. The molecule has 3 atom stereocenters. The molecule has 0 bridgehead atoms. The highest BCUT2D eigenvalue weighted by Gasteiger charge is 2.34.